The smallest absolute Gasteiger partial charge is 0.339 e. The number of hydrogen-bond acceptors (Lipinski definition) is 5. The van der Waals surface area contributed by atoms with Crippen molar-refractivity contribution < 1.29 is 19.4 Å². The summed E-state index contributed by atoms with van der Waals surface area (Å²) in [6.07, 6.45) is 4.49. The molecule has 1 N–H and O–H groups in total. The number of carbonyl (C=O) groups is 2. The Morgan fingerprint density at radius 1 is 1.24 bits per heavy atom. The summed E-state index contributed by atoms with van der Waals surface area (Å²) in [5.74, 6) is -1.24. The Balaban J connectivity index is 0.000000219. The third-order valence-corrected chi connectivity index (χ3v) is 2.41. The van der Waals surface area contributed by atoms with Gasteiger partial charge in [0.15, 0.2) is 0 Å². The molecular weight excluding hydrogens is 272 g/mol. The van der Waals surface area contributed by atoms with Gasteiger partial charge >= 0.3 is 11.9 Å². The van der Waals surface area contributed by atoms with Crippen LogP contribution in [0.2, 0.25) is 0 Å². The fourth-order valence-electron chi connectivity index (χ4n) is 1.40. The normalized spacial score (nSPS) is 9.24. The summed E-state index contributed by atoms with van der Waals surface area (Å²) in [5.41, 5.74) is 1.47. The van der Waals surface area contributed by atoms with Gasteiger partial charge in [0.05, 0.1) is 23.4 Å². The monoisotopic (exact) mass is 288 g/mol. The summed E-state index contributed by atoms with van der Waals surface area (Å²) in [4.78, 5) is 29.0. The quantitative estimate of drug-likeness (QED) is 0.872. The summed E-state index contributed by atoms with van der Waals surface area (Å²) in [6.45, 7) is 3.96. The average Bonchev–Trinajstić information content (AvgIpc) is 2.49. The van der Waals surface area contributed by atoms with E-state index in [0.29, 0.717) is 17.9 Å². The lowest BCUT2D eigenvalue weighted by Crippen LogP contribution is -2.07. The zero-order chi connectivity index (χ0) is 15.7. The van der Waals surface area contributed by atoms with Crippen LogP contribution in [-0.4, -0.2) is 33.6 Å². The van der Waals surface area contributed by atoms with Crippen LogP contribution in [0.5, 0.6) is 0 Å². The summed E-state index contributed by atoms with van der Waals surface area (Å²) in [5, 5.41) is 8.34. The highest BCUT2D eigenvalue weighted by atomic mass is 16.5. The zero-order valence-electron chi connectivity index (χ0n) is 11.8. The first-order chi connectivity index (χ1) is 10.1. The molecule has 2 aromatic heterocycles. The van der Waals surface area contributed by atoms with E-state index in [9.17, 15) is 9.59 Å². The molecule has 0 aromatic carbocycles. The van der Waals surface area contributed by atoms with E-state index in [1.807, 2.05) is 0 Å². The molecule has 0 bridgehead atoms. The second kappa shape index (κ2) is 8.42. The lowest BCUT2D eigenvalue weighted by Gasteiger charge is -2.02. The Bertz CT molecular complexity index is 600. The lowest BCUT2D eigenvalue weighted by molar-refractivity contribution is 0.0524. The van der Waals surface area contributed by atoms with Crippen molar-refractivity contribution >= 4 is 11.9 Å². The molecular formula is C15H16N2O4. The maximum Gasteiger partial charge on any atom is 0.339 e. The highest BCUT2D eigenvalue weighted by molar-refractivity contribution is 5.90. The molecule has 6 heteroatoms. The highest BCUT2D eigenvalue weighted by Crippen LogP contribution is 2.04. The number of esters is 1. The summed E-state index contributed by atoms with van der Waals surface area (Å²) < 4.78 is 4.83. The highest BCUT2D eigenvalue weighted by Gasteiger charge is 2.08. The van der Waals surface area contributed by atoms with E-state index in [1.54, 1.807) is 38.2 Å². The molecule has 0 aliphatic rings. The minimum Gasteiger partial charge on any atom is -0.478 e. The molecule has 0 aliphatic carbocycles. The van der Waals surface area contributed by atoms with E-state index in [0.717, 1.165) is 0 Å². The molecule has 6 nitrogen and oxygen atoms in total. The summed E-state index contributed by atoms with van der Waals surface area (Å²) >= 11 is 0. The van der Waals surface area contributed by atoms with Gasteiger partial charge < -0.3 is 9.84 Å². The average molecular weight is 288 g/mol. The molecule has 0 radical (unpaired) electrons. The van der Waals surface area contributed by atoms with Gasteiger partial charge in [-0.1, -0.05) is 0 Å². The first-order valence-corrected chi connectivity index (χ1v) is 6.28. The van der Waals surface area contributed by atoms with Crippen molar-refractivity contribution in [2.24, 2.45) is 0 Å². The molecule has 0 amide bonds. The third-order valence-electron chi connectivity index (χ3n) is 2.41. The fourth-order valence-corrected chi connectivity index (χ4v) is 1.40. The van der Waals surface area contributed by atoms with Crippen LogP contribution in [0.25, 0.3) is 0 Å². The zero-order valence-corrected chi connectivity index (χ0v) is 11.8. The SMILES string of the molecule is CCOC(=O)c1cccnc1C.O=C(O)c1cccnc1. The summed E-state index contributed by atoms with van der Waals surface area (Å²) in [7, 11) is 0. The largest absolute Gasteiger partial charge is 0.478 e. The van der Waals surface area contributed by atoms with Gasteiger partial charge in [-0.25, -0.2) is 9.59 Å². The number of nitrogens with zero attached hydrogens (tertiary/aromatic N) is 2. The van der Waals surface area contributed by atoms with Crippen LogP contribution in [-0.2, 0) is 4.74 Å². The van der Waals surface area contributed by atoms with E-state index >= 15 is 0 Å². The molecule has 0 saturated carbocycles. The molecule has 2 heterocycles. The van der Waals surface area contributed by atoms with Crippen molar-refractivity contribution in [3.05, 3.63) is 59.7 Å². The van der Waals surface area contributed by atoms with Gasteiger partial charge in [-0.05, 0) is 38.1 Å². The summed E-state index contributed by atoms with van der Waals surface area (Å²) in [6, 6.07) is 6.51. The van der Waals surface area contributed by atoms with Gasteiger partial charge in [-0.3, -0.25) is 9.97 Å². The fraction of sp³-hybridized carbons (Fsp3) is 0.200. The first-order valence-electron chi connectivity index (χ1n) is 6.28. The van der Waals surface area contributed by atoms with Crippen molar-refractivity contribution in [3.8, 4) is 0 Å². The number of aryl methyl sites for hydroxylation is 1. The number of rotatable bonds is 3. The van der Waals surface area contributed by atoms with Crippen LogP contribution >= 0.6 is 0 Å². The molecule has 0 spiro atoms. The number of hydrogen-bond donors (Lipinski definition) is 1. The molecule has 2 aromatic rings. The van der Waals surface area contributed by atoms with Crippen LogP contribution in [0.3, 0.4) is 0 Å². The number of pyridine rings is 2. The van der Waals surface area contributed by atoms with Crippen molar-refractivity contribution in [1.82, 2.24) is 9.97 Å². The third kappa shape index (κ3) is 5.40. The van der Waals surface area contributed by atoms with Crippen molar-refractivity contribution in [1.29, 1.82) is 0 Å². The van der Waals surface area contributed by atoms with Crippen molar-refractivity contribution in [2.45, 2.75) is 13.8 Å². The Morgan fingerprint density at radius 3 is 2.43 bits per heavy atom. The van der Waals surface area contributed by atoms with Crippen LogP contribution in [0, 0.1) is 6.92 Å². The molecule has 0 saturated heterocycles. The Labute approximate surface area is 122 Å². The predicted octanol–water partition coefficient (Wildman–Crippen LogP) is 2.35. The van der Waals surface area contributed by atoms with Crippen molar-refractivity contribution in [3.63, 3.8) is 0 Å². The van der Waals surface area contributed by atoms with Crippen LogP contribution in [0.4, 0.5) is 0 Å². The Morgan fingerprint density at radius 2 is 1.95 bits per heavy atom. The molecule has 0 fully saturated rings. The van der Waals surface area contributed by atoms with Gasteiger partial charge in [0.1, 0.15) is 0 Å². The van der Waals surface area contributed by atoms with Gasteiger partial charge in [-0.15, -0.1) is 0 Å². The van der Waals surface area contributed by atoms with Crippen LogP contribution < -0.4 is 0 Å². The van der Waals surface area contributed by atoms with E-state index < -0.39 is 5.97 Å². The Hall–Kier alpha value is -2.76. The predicted molar refractivity (Wildman–Crippen MR) is 76.1 cm³/mol. The van der Waals surface area contributed by atoms with Gasteiger partial charge in [-0.2, -0.15) is 0 Å². The number of ether oxygens (including phenoxy) is 1. The molecule has 21 heavy (non-hydrogen) atoms. The number of aromatic carboxylic acids is 1. The molecule has 0 aliphatic heterocycles. The number of aromatic nitrogens is 2. The van der Waals surface area contributed by atoms with Gasteiger partial charge in [0, 0.05) is 18.6 Å². The molecule has 110 valence electrons. The maximum absolute atomic E-state index is 11.2. The lowest BCUT2D eigenvalue weighted by atomic mass is 10.2. The van der Waals surface area contributed by atoms with Gasteiger partial charge in [0.2, 0.25) is 0 Å². The minimum absolute atomic E-state index is 0.220. The molecule has 2 rings (SSSR count). The minimum atomic E-state index is -0.942. The number of carbonyl (C=O) groups excluding carboxylic acids is 1. The van der Waals surface area contributed by atoms with Crippen molar-refractivity contribution in [2.75, 3.05) is 6.61 Å². The first kappa shape index (κ1) is 16.3. The van der Waals surface area contributed by atoms with Crippen LogP contribution in [0.1, 0.15) is 33.3 Å². The number of carboxylic acid groups (broad SMARTS) is 1. The van der Waals surface area contributed by atoms with E-state index in [2.05, 4.69) is 9.97 Å². The van der Waals surface area contributed by atoms with E-state index in [1.165, 1.54) is 18.5 Å². The van der Waals surface area contributed by atoms with Gasteiger partial charge in [0.25, 0.3) is 0 Å². The molecule has 0 unspecified atom stereocenters. The second-order valence-electron chi connectivity index (χ2n) is 3.90. The maximum atomic E-state index is 11.2. The topological polar surface area (TPSA) is 89.4 Å². The number of carboxylic acids is 1. The van der Waals surface area contributed by atoms with E-state index in [4.69, 9.17) is 9.84 Å². The standard InChI is InChI=1S/C9H11NO2.C6H5NO2/c1-3-12-9(11)8-5-4-6-10-7(8)2;8-6(9)5-2-1-3-7-4-5/h4-6H,3H2,1-2H3;1-4H,(H,8,9). The second-order valence-corrected chi connectivity index (χ2v) is 3.90. The van der Waals surface area contributed by atoms with Crippen LogP contribution in [0.15, 0.2) is 42.9 Å². The Kier molecular flexibility index (Phi) is 6.53. The molecule has 0 atom stereocenters. The van der Waals surface area contributed by atoms with E-state index in [-0.39, 0.29) is 11.5 Å².